The van der Waals surface area contributed by atoms with Crippen molar-refractivity contribution in [1.82, 2.24) is 9.80 Å². The predicted molar refractivity (Wildman–Crippen MR) is 100 cm³/mol. The smallest absolute Gasteiger partial charge is 0.161 e. The van der Waals surface area contributed by atoms with Crippen LogP contribution < -0.4 is 9.47 Å². The number of para-hydroxylation sites is 2. The summed E-state index contributed by atoms with van der Waals surface area (Å²) in [7, 11) is 4.34. The summed E-state index contributed by atoms with van der Waals surface area (Å²) in [6, 6.07) is 8.59. The summed E-state index contributed by atoms with van der Waals surface area (Å²) < 4.78 is 11.8. The van der Waals surface area contributed by atoms with Crippen LogP contribution in [0, 0.1) is 0 Å². The first-order valence-electron chi connectivity index (χ1n) is 7.49. The molecule has 1 aromatic carbocycles. The third kappa shape index (κ3) is 4.72. The maximum Gasteiger partial charge on any atom is 0.161 e. The molecule has 126 valence electrons. The molecule has 0 N–H and O–H groups in total. The minimum absolute atomic E-state index is 0. The zero-order valence-corrected chi connectivity index (χ0v) is 15.4. The number of likely N-dealkylation sites (N-methyl/N-ethyl adjacent to an activating group) is 1. The Morgan fingerprint density at radius 3 is 2.64 bits per heavy atom. The zero-order chi connectivity index (χ0) is 13.9. The molecule has 0 aliphatic carbocycles. The summed E-state index contributed by atoms with van der Waals surface area (Å²) in [6.45, 7) is 3.92. The Morgan fingerprint density at radius 1 is 1.18 bits per heavy atom. The highest BCUT2D eigenvalue weighted by molar-refractivity contribution is 7.59. The monoisotopic (exact) mass is 344 g/mol. The summed E-state index contributed by atoms with van der Waals surface area (Å²) in [5.41, 5.74) is 0. The number of benzene rings is 1. The second-order valence-electron chi connectivity index (χ2n) is 6.02. The van der Waals surface area contributed by atoms with Gasteiger partial charge >= 0.3 is 0 Å². The first kappa shape index (κ1) is 19.5. The van der Waals surface area contributed by atoms with Crippen molar-refractivity contribution >= 4 is 27.0 Å². The first-order valence-corrected chi connectivity index (χ1v) is 7.49. The molecule has 2 atom stereocenters. The van der Waals surface area contributed by atoms with E-state index in [1.807, 2.05) is 24.3 Å². The fourth-order valence-electron chi connectivity index (χ4n) is 3.06. The lowest BCUT2D eigenvalue weighted by molar-refractivity contribution is 0.0399. The largest absolute Gasteiger partial charge is 0.486 e. The number of hydrogen-bond acceptors (Lipinski definition) is 4. The molecule has 0 radical (unpaired) electrons. The van der Waals surface area contributed by atoms with Gasteiger partial charge in [0, 0.05) is 19.1 Å². The predicted octanol–water partition coefficient (Wildman–Crippen LogP) is 2.08. The fourth-order valence-corrected chi connectivity index (χ4v) is 3.06. The fraction of sp³-hybridized carbons (Fsp3) is 0.625. The minimum atomic E-state index is 0. The minimum Gasteiger partial charge on any atom is -0.486 e. The summed E-state index contributed by atoms with van der Waals surface area (Å²) in [5, 5.41) is 0. The number of nitrogens with zero attached hydrogens (tertiary/aromatic N) is 2. The Bertz CT molecular complexity index is 460. The zero-order valence-electron chi connectivity index (χ0n) is 13.4. The van der Waals surface area contributed by atoms with Crippen molar-refractivity contribution in [3.05, 3.63) is 24.3 Å². The number of hydrogen-bond donors (Lipinski definition) is 0. The van der Waals surface area contributed by atoms with Crippen LogP contribution in [0.25, 0.3) is 0 Å². The van der Waals surface area contributed by atoms with Crippen molar-refractivity contribution in [1.29, 1.82) is 0 Å². The molecule has 0 unspecified atom stereocenters. The molecule has 0 bridgehead atoms. The van der Waals surface area contributed by atoms with Crippen LogP contribution in [0.4, 0.5) is 0 Å². The average molecular weight is 345 g/mol. The maximum absolute atomic E-state index is 6.05. The number of fused-ring (bicyclic) bond motifs is 1. The molecule has 0 amide bonds. The lowest BCUT2D eigenvalue weighted by atomic mass is 10.0. The van der Waals surface area contributed by atoms with Crippen LogP contribution in [-0.4, -0.2) is 62.3 Å². The Hall–Kier alpha value is -0.560. The number of piperidine rings is 1. The third-order valence-electron chi connectivity index (χ3n) is 4.24. The molecule has 4 nitrogen and oxygen atoms in total. The topological polar surface area (TPSA) is 24.9 Å². The lowest BCUT2D eigenvalue weighted by Gasteiger charge is -2.38. The molecule has 0 spiro atoms. The summed E-state index contributed by atoms with van der Waals surface area (Å²) >= 11 is 0. The highest BCUT2D eigenvalue weighted by Gasteiger charge is 2.27. The number of ether oxygens (including phenoxy) is 2. The van der Waals surface area contributed by atoms with Gasteiger partial charge in [0.25, 0.3) is 0 Å². The molecule has 3 rings (SSSR count). The van der Waals surface area contributed by atoms with Gasteiger partial charge in [-0.2, -0.15) is 27.0 Å². The van der Waals surface area contributed by atoms with Gasteiger partial charge in [0.1, 0.15) is 12.7 Å². The molecule has 1 aromatic rings. The molecular weight excluding hydrogens is 316 g/mol. The molecule has 0 saturated carbocycles. The Kier molecular flexibility index (Phi) is 7.89. The summed E-state index contributed by atoms with van der Waals surface area (Å²) in [4.78, 5) is 4.84. The Balaban J connectivity index is 0.00000121. The van der Waals surface area contributed by atoms with E-state index < -0.39 is 0 Å². The van der Waals surface area contributed by atoms with Gasteiger partial charge in [0.05, 0.1) is 0 Å². The molecule has 22 heavy (non-hydrogen) atoms. The van der Waals surface area contributed by atoms with E-state index >= 15 is 0 Å². The van der Waals surface area contributed by atoms with Crippen molar-refractivity contribution in [2.45, 2.75) is 25.0 Å². The first-order chi connectivity index (χ1) is 9.72. The van der Waals surface area contributed by atoms with Crippen molar-refractivity contribution < 1.29 is 9.47 Å². The molecular formula is C16H28N2O2S2. The van der Waals surface area contributed by atoms with E-state index in [1.54, 1.807) is 0 Å². The van der Waals surface area contributed by atoms with E-state index in [0.29, 0.717) is 12.6 Å². The number of likely N-dealkylation sites (tertiary alicyclic amines) is 1. The van der Waals surface area contributed by atoms with Crippen molar-refractivity contribution in [3.63, 3.8) is 0 Å². The molecule has 1 saturated heterocycles. The maximum atomic E-state index is 6.05. The molecule has 0 aromatic heterocycles. The average Bonchev–Trinajstić information content (AvgIpc) is 2.47. The van der Waals surface area contributed by atoms with Crippen molar-refractivity contribution in [2.24, 2.45) is 0 Å². The third-order valence-corrected chi connectivity index (χ3v) is 4.24. The molecule has 2 aliphatic heterocycles. The second-order valence-corrected chi connectivity index (χ2v) is 6.02. The molecule has 2 heterocycles. The van der Waals surface area contributed by atoms with Crippen molar-refractivity contribution in [2.75, 3.05) is 40.3 Å². The van der Waals surface area contributed by atoms with Crippen molar-refractivity contribution in [3.8, 4) is 11.5 Å². The molecule has 2 aliphatic rings. The van der Waals surface area contributed by atoms with Crippen LogP contribution in [0.15, 0.2) is 24.3 Å². The standard InChI is InChI=1S/C16H24N2O2.2H2S/c1-17(2)13-6-5-9-18(10-13)11-14-12-19-15-7-3-4-8-16(15)20-14;;/h3-4,7-8,13-14H,5-6,9-12H2,1-2H3;2*1H2/t13-,14-;;/m0../s1. The number of rotatable bonds is 3. The van der Waals surface area contributed by atoms with Gasteiger partial charge in [0.2, 0.25) is 0 Å². The van der Waals surface area contributed by atoms with Crippen LogP contribution in [0.3, 0.4) is 0 Å². The van der Waals surface area contributed by atoms with Crippen LogP contribution in [0.1, 0.15) is 12.8 Å². The SMILES string of the molecule is CN(C)[C@H]1CCCN(C[C@H]2COc3ccccc3O2)C1.S.S. The van der Waals surface area contributed by atoms with E-state index in [-0.39, 0.29) is 33.1 Å². The molecule has 1 fully saturated rings. The highest BCUT2D eigenvalue weighted by Crippen LogP contribution is 2.31. The summed E-state index contributed by atoms with van der Waals surface area (Å²) in [6.07, 6.45) is 2.72. The van der Waals surface area contributed by atoms with Gasteiger partial charge < -0.3 is 14.4 Å². The second kappa shape index (κ2) is 8.91. The van der Waals surface area contributed by atoms with Gasteiger partial charge in [-0.15, -0.1) is 0 Å². The van der Waals surface area contributed by atoms with Crippen LogP contribution in [-0.2, 0) is 0 Å². The van der Waals surface area contributed by atoms with E-state index in [1.165, 1.54) is 19.4 Å². The van der Waals surface area contributed by atoms with E-state index in [4.69, 9.17) is 9.47 Å². The van der Waals surface area contributed by atoms with Gasteiger partial charge in [-0.1, -0.05) is 12.1 Å². The van der Waals surface area contributed by atoms with Gasteiger partial charge in [-0.3, -0.25) is 4.90 Å². The van der Waals surface area contributed by atoms with Crippen LogP contribution >= 0.6 is 27.0 Å². The van der Waals surface area contributed by atoms with Gasteiger partial charge in [-0.05, 0) is 45.6 Å². The van der Waals surface area contributed by atoms with E-state index in [0.717, 1.165) is 24.6 Å². The molecule has 6 heteroatoms. The van der Waals surface area contributed by atoms with Gasteiger partial charge in [-0.25, -0.2) is 0 Å². The highest BCUT2D eigenvalue weighted by atomic mass is 32.1. The lowest BCUT2D eigenvalue weighted by Crippen LogP contribution is -2.49. The normalized spacial score (nSPS) is 24.3. The Morgan fingerprint density at radius 2 is 1.91 bits per heavy atom. The van der Waals surface area contributed by atoms with E-state index in [2.05, 4.69) is 23.9 Å². The van der Waals surface area contributed by atoms with Gasteiger partial charge in [0.15, 0.2) is 11.5 Å². The quantitative estimate of drug-likeness (QED) is 0.838. The summed E-state index contributed by atoms with van der Waals surface area (Å²) in [5.74, 6) is 1.75. The van der Waals surface area contributed by atoms with Crippen LogP contribution in [0.5, 0.6) is 11.5 Å². The van der Waals surface area contributed by atoms with E-state index in [9.17, 15) is 0 Å². The Labute approximate surface area is 147 Å². The van der Waals surface area contributed by atoms with Crippen LogP contribution in [0.2, 0.25) is 0 Å².